The van der Waals surface area contributed by atoms with Crippen LogP contribution >= 0.6 is 0 Å². The summed E-state index contributed by atoms with van der Waals surface area (Å²) >= 11 is 0. The van der Waals surface area contributed by atoms with Crippen molar-refractivity contribution >= 4 is 11.8 Å². The lowest BCUT2D eigenvalue weighted by atomic mass is 9.99. The van der Waals surface area contributed by atoms with E-state index in [0.717, 1.165) is 19.3 Å². The molecule has 4 nitrogen and oxygen atoms in total. The molecule has 28 heavy (non-hydrogen) atoms. The predicted molar refractivity (Wildman–Crippen MR) is 110 cm³/mol. The summed E-state index contributed by atoms with van der Waals surface area (Å²) in [5.74, 6) is 0.398. The Balaban J connectivity index is 1.35. The van der Waals surface area contributed by atoms with E-state index in [-0.39, 0.29) is 23.8 Å². The summed E-state index contributed by atoms with van der Waals surface area (Å²) in [6.45, 7) is 3.28. The highest BCUT2D eigenvalue weighted by atomic mass is 16.2. The molecule has 146 valence electrons. The SMILES string of the molecule is Cc1ccc(C(NC(=O)C2CC(=O)N(CCc3ccccc3)C2)C2CC2)cc1. The van der Waals surface area contributed by atoms with Crippen LogP contribution in [0.5, 0.6) is 0 Å². The molecule has 2 unspecified atom stereocenters. The number of hydrogen-bond donors (Lipinski definition) is 1. The Bertz CT molecular complexity index is 827. The third-order valence-corrected chi connectivity index (χ3v) is 5.93. The van der Waals surface area contributed by atoms with E-state index in [1.165, 1.54) is 16.7 Å². The summed E-state index contributed by atoms with van der Waals surface area (Å²) in [6, 6.07) is 18.7. The quantitative estimate of drug-likeness (QED) is 0.802. The van der Waals surface area contributed by atoms with Crippen molar-refractivity contribution in [1.82, 2.24) is 10.2 Å². The van der Waals surface area contributed by atoms with E-state index in [2.05, 4.69) is 48.6 Å². The van der Waals surface area contributed by atoms with Crippen molar-refractivity contribution in [3.05, 3.63) is 71.3 Å². The fourth-order valence-corrected chi connectivity index (χ4v) is 4.02. The van der Waals surface area contributed by atoms with Gasteiger partial charge in [-0.05, 0) is 43.2 Å². The van der Waals surface area contributed by atoms with E-state index in [1.807, 2.05) is 23.1 Å². The average molecular weight is 377 g/mol. The summed E-state index contributed by atoms with van der Waals surface area (Å²) in [5, 5.41) is 3.25. The van der Waals surface area contributed by atoms with Crippen LogP contribution in [0, 0.1) is 18.8 Å². The van der Waals surface area contributed by atoms with Crippen LogP contribution < -0.4 is 5.32 Å². The fraction of sp³-hybridized carbons (Fsp3) is 0.417. The molecule has 1 saturated carbocycles. The Morgan fingerprint density at radius 3 is 2.50 bits per heavy atom. The summed E-state index contributed by atoms with van der Waals surface area (Å²) in [4.78, 5) is 27.1. The first kappa shape index (κ1) is 18.7. The van der Waals surface area contributed by atoms with Crippen molar-refractivity contribution in [1.29, 1.82) is 0 Å². The number of carbonyl (C=O) groups is 2. The van der Waals surface area contributed by atoms with Gasteiger partial charge in [0.05, 0.1) is 12.0 Å². The summed E-state index contributed by atoms with van der Waals surface area (Å²) < 4.78 is 0. The molecular formula is C24H28N2O2. The molecule has 0 radical (unpaired) electrons. The maximum Gasteiger partial charge on any atom is 0.225 e. The number of nitrogens with one attached hydrogen (secondary N) is 1. The Morgan fingerprint density at radius 2 is 1.82 bits per heavy atom. The first-order valence-electron chi connectivity index (χ1n) is 10.3. The lowest BCUT2D eigenvalue weighted by Crippen LogP contribution is -2.36. The Labute approximate surface area is 166 Å². The zero-order chi connectivity index (χ0) is 19.5. The number of benzene rings is 2. The highest BCUT2D eigenvalue weighted by molar-refractivity contribution is 5.89. The fourth-order valence-electron chi connectivity index (χ4n) is 4.02. The normalized spacial score (nSPS) is 20.2. The molecule has 1 heterocycles. The molecule has 1 saturated heterocycles. The standard InChI is InChI=1S/C24H28N2O2/c1-17-7-9-19(10-8-17)23(20-11-12-20)25-24(28)21-15-22(27)26(16-21)14-13-18-5-3-2-4-6-18/h2-10,20-21,23H,11-16H2,1H3,(H,25,28). The molecule has 1 N–H and O–H groups in total. The topological polar surface area (TPSA) is 49.4 Å². The van der Waals surface area contributed by atoms with Crippen LogP contribution in [0.25, 0.3) is 0 Å². The number of nitrogens with zero attached hydrogens (tertiary/aromatic N) is 1. The first-order chi connectivity index (χ1) is 13.6. The van der Waals surface area contributed by atoms with Gasteiger partial charge < -0.3 is 10.2 Å². The summed E-state index contributed by atoms with van der Waals surface area (Å²) in [7, 11) is 0. The highest BCUT2D eigenvalue weighted by Crippen LogP contribution is 2.41. The Hall–Kier alpha value is -2.62. The van der Waals surface area contributed by atoms with Crippen LogP contribution in [0.2, 0.25) is 0 Å². The maximum atomic E-state index is 12.9. The molecule has 4 heteroatoms. The number of rotatable bonds is 7. The molecule has 2 fully saturated rings. The van der Waals surface area contributed by atoms with Crippen LogP contribution in [0.15, 0.2) is 54.6 Å². The minimum atomic E-state index is -0.241. The van der Waals surface area contributed by atoms with E-state index >= 15 is 0 Å². The second-order valence-corrected chi connectivity index (χ2v) is 8.21. The molecule has 2 atom stereocenters. The Kier molecular flexibility index (Phi) is 5.47. The van der Waals surface area contributed by atoms with Crippen LogP contribution in [0.1, 0.15) is 42.0 Å². The largest absolute Gasteiger partial charge is 0.349 e. The van der Waals surface area contributed by atoms with Crippen molar-refractivity contribution < 1.29 is 9.59 Å². The third-order valence-electron chi connectivity index (χ3n) is 5.93. The number of carbonyl (C=O) groups excluding carboxylic acids is 2. The molecule has 2 amide bonds. The van der Waals surface area contributed by atoms with Gasteiger partial charge in [0.15, 0.2) is 0 Å². The van der Waals surface area contributed by atoms with Gasteiger partial charge >= 0.3 is 0 Å². The smallest absolute Gasteiger partial charge is 0.225 e. The Morgan fingerprint density at radius 1 is 1.11 bits per heavy atom. The molecule has 0 aromatic heterocycles. The predicted octanol–water partition coefficient (Wildman–Crippen LogP) is 3.65. The van der Waals surface area contributed by atoms with Crippen LogP contribution in [0.4, 0.5) is 0 Å². The van der Waals surface area contributed by atoms with E-state index in [0.29, 0.717) is 25.4 Å². The van der Waals surface area contributed by atoms with Crippen molar-refractivity contribution in [2.75, 3.05) is 13.1 Å². The molecule has 1 aliphatic carbocycles. The summed E-state index contributed by atoms with van der Waals surface area (Å²) in [5.41, 5.74) is 3.61. The van der Waals surface area contributed by atoms with Gasteiger partial charge in [-0.3, -0.25) is 9.59 Å². The molecule has 2 aromatic carbocycles. The number of amides is 2. The van der Waals surface area contributed by atoms with Crippen molar-refractivity contribution in [2.45, 2.75) is 38.6 Å². The second-order valence-electron chi connectivity index (χ2n) is 8.21. The van der Waals surface area contributed by atoms with Gasteiger partial charge in [0.1, 0.15) is 0 Å². The molecule has 2 aliphatic rings. The second kappa shape index (κ2) is 8.17. The van der Waals surface area contributed by atoms with Gasteiger partial charge in [-0.25, -0.2) is 0 Å². The number of aryl methyl sites for hydroxylation is 1. The van der Waals surface area contributed by atoms with Crippen LogP contribution in [0.3, 0.4) is 0 Å². The van der Waals surface area contributed by atoms with Crippen LogP contribution in [-0.4, -0.2) is 29.8 Å². The molecule has 0 bridgehead atoms. The van der Waals surface area contributed by atoms with E-state index in [1.54, 1.807) is 0 Å². The summed E-state index contributed by atoms with van der Waals surface area (Å²) in [6.07, 6.45) is 3.47. The van der Waals surface area contributed by atoms with E-state index < -0.39 is 0 Å². The van der Waals surface area contributed by atoms with E-state index in [4.69, 9.17) is 0 Å². The highest BCUT2D eigenvalue weighted by Gasteiger charge is 2.38. The zero-order valence-electron chi connectivity index (χ0n) is 16.4. The monoisotopic (exact) mass is 376 g/mol. The van der Waals surface area contributed by atoms with Gasteiger partial charge in [0.25, 0.3) is 0 Å². The molecular weight excluding hydrogens is 348 g/mol. The molecule has 4 rings (SSSR count). The van der Waals surface area contributed by atoms with Gasteiger partial charge in [0.2, 0.25) is 11.8 Å². The lowest BCUT2D eigenvalue weighted by Gasteiger charge is -2.21. The van der Waals surface area contributed by atoms with Gasteiger partial charge in [0, 0.05) is 19.5 Å². The third kappa shape index (κ3) is 4.44. The molecule has 2 aromatic rings. The van der Waals surface area contributed by atoms with Crippen LogP contribution in [-0.2, 0) is 16.0 Å². The van der Waals surface area contributed by atoms with Crippen molar-refractivity contribution in [2.24, 2.45) is 11.8 Å². The van der Waals surface area contributed by atoms with Crippen molar-refractivity contribution in [3.63, 3.8) is 0 Å². The first-order valence-corrected chi connectivity index (χ1v) is 10.3. The minimum absolute atomic E-state index is 0.0213. The van der Waals surface area contributed by atoms with E-state index in [9.17, 15) is 9.59 Å². The average Bonchev–Trinajstić information content (AvgIpc) is 3.48. The van der Waals surface area contributed by atoms with Gasteiger partial charge in [-0.2, -0.15) is 0 Å². The zero-order valence-corrected chi connectivity index (χ0v) is 16.4. The molecule has 1 aliphatic heterocycles. The molecule has 0 spiro atoms. The van der Waals surface area contributed by atoms with Gasteiger partial charge in [-0.15, -0.1) is 0 Å². The lowest BCUT2D eigenvalue weighted by molar-refractivity contribution is -0.129. The number of likely N-dealkylation sites (tertiary alicyclic amines) is 1. The number of hydrogen-bond acceptors (Lipinski definition) is 2. The van der Waals surface area contributed by atoms with Gasteiger partial charge in [-0.1, -0.05) is 60.2 Å². The minimum Gasteiger partial charge on any atom is -0.349 e. The maximum absolute atomic E-state index is 12.9. The van der Waals surface area contributed by atoms with Crippen molar-refractivity contribution in [3.8, 4) is 0 Å².